The van der Waals surface area contributed by atoms with Crippen molar-refractivity contribution in [2.24, 2.45) is 0 Å². The lowest BCUT2D eigenvalue weighted by Gasteiger charge is -2.18. The Labute approximate surface area is 98.7 Å². The molecule has 0 aliphatic rings. The molecule has 1 aromatic heterocycles. The van der Waals surface area contributed by atoms with E-state index in [2.05, 4.69) is 40.5 Å². The van der Waals surface area contributed by atoms with E-state index < -0.39 is 0 Å². The molecule has 1 N–H and O–H groups in total. The molecule has 0 bridgehead atoms. The van der Waals surface area contributed by atoms with Crippen molar-refractivity contribution in [3.05, 3.63) is 12.4 Å². The molecule has 0 fully saturated rings. The summed E-state index contributed by atoms with van der Waals surface area (Å²) in [5.74, 6) is 0.988. The monoisotopic (exact) mass is 224 g/mol. The van der Waals surface area contributed by atoms with E-state index in [0.29, 0.717) is 0 Å². The third-order valence-electron chi connectivity index (χ3n) is 2.82. The second-order valence-electron chi connectivity index (χ2n) is 3.86. The maximum absolute atomic E-state index is 4.28. The molecule has 4 nitrogen and oxygen atoms in total. The Kier molecular flexibility index (Phi) is 5.93. The van der Waals surface area contributed by atoms with Gasteiger partial charge in [0.25, 0.3) is 0 Å². The maximum atomic E-state index is 4.28. The van der Waals surface area contributed by atoms with E-state index in [1.165, 1.54) is 6.42 Å². The van der Waals surface area contributed by atoms with Crippen LogP contribution in [-0.4, -0.2) is 40.6 Å². The largest absolute Gasteiger partial charge is 0.356 e. The van der Waals surface area contributed by atoms with Gasteiger partial charge >= 0.3 is 0 Å². The minimum absolute atomic E-state index is 0.924. The molecule has 0 aliphatic carbocycles. The molecule has 16 heavy (non-hydrogen) atoms. The van der Waals surface area contributed by atoms with Crippen LogP contribution in [0.2, 0.25) is 0 Å². The highest BCUT2D eigenvalue weighted by molar-refractivity contribution is 5.25. The van der Waals surface area contributed by atoms with E-state index >= 15 is 0 Å². The van der Waals surface area contributed by atoms with Crippen molar-refractivity contribution in [2.45, 2.75) is 33.7 Å². The fourth-order valence-electron chi connectivity index (χ4n) is 1.82. The van der Waals surface area contributed by atoms with Gasteiger partial charge in [0.1, 0.15) is 0 Å². The quantitative estimate of drug-likeness (QED) is 0.733. The summed E-state index contributed by atoms with van der Waals surface area (Å²) in [5.41, 5.74) is 0. The molecule has 0 amide bonds. The highest BCUT2D eigenvalue weighted by Crippen LogP contribution is 2.05. The molecular weight excluding hydrogens is 200 g/mol. The molecule has 0 aliphatic heterocycles. The average molecular weight is 224 g/mol. The third kappa shape index (κ3) is 3.85. The highest BCUT2D eigenvalue weighted by Gasteiger charge is 2.02. The number of anilines is 1. The van der Waals surface area contributed by atoms with Crippen LogP contribution in [0.15, 0.2) is 12.4 Å². The van der Waals surface area contributed by atoms with Crippen LogP contribution in [0.3, 0.4) is 0 Å². The highest BCUT2D eigenvalue weighted by atomic mass is 15.2. The van der Waals surface area contributed by atoms with Gasteiger partial charge in [-0.15, -0.1) is 0 Å². The zero-order chi connectivity index (χ0) is 11.8. The smallest absolute Gasteiger partial charge is 0.202 e. The summed E-state index contributed by atoms with van der Waals surface area (Å²) in [6, 6.07) is 0. The first-order chi connectivity index (χ1) is 7.81. The van der Waals surface area contributed by atoms with Gasteiger partial charge in [-0.05, 0) is 33.0 Å². The number of imidazole rings is 1. The first-order valence-electron chi connectivity index (χ1n) is 6.29. The molecule has 1 aromatic rings. The zero-order valence-corrected chi connectivity index (χ0v) is 10.7. The normalized spacial score (nSPS) is 11.0. The number of rotatable bonds is 8. The summed E-state index contributed by atoms with van der Waals surface area (Å²) >= 11 is 0. The standard InChI is InChI=1S/C12H24N4/c1-4-13-12-14-8-11-16(12)10-7-9-15(5-2)6-3/h8,11H,4-7,9-10H2,1-3H3,(H,13,14). The Morgan fingerprint density at radius 2 is 2.06 bits per heavy atom. The molecule has 92 valence electrons. The Balaban J connectivity index is 2.33. The predicted molar refractivity (Wildman–Crippen MR) is 68.8 cm³/mol. The topological polar surface area (TPSA) is 33.1 Å². The van der Waals surface area contributed by atoms with Crippen LogP contribution in [0.4, 0.5) is 5.95 Å². The minimum atomic E-state index is 0.924. The first-order valence-corrected chi connectivity index (χ1v) is 6.29. The van der Waals surface area contributed by atoms with Gasteiger partial charge in [0.05, 0.1) is 0 Å². The van der Waals surface area contributed by atoms with Gasteiger partial charge in [-0.1, -0.05) is 13.8 Å². The van der Waals surface area contributed by atoms with Gasteiger partial charge in [0.15, 0.2) is 0 Å². The Morgan fingerprint density at radius 3 is 2.69 bits per heavy atom. The van der Waals surface area contributed by atoms with Crippen molar-refractivity contribution in [1.29, 1.82) is 0 Å². The van der Waals surface area contributed by atoms with E-state index in [4.69, 9.17) is 0 Å². The van der Waals surface area contributed by atoms with E-state index in [0.717, 1.165) is 38.7 Å². The first kappa shape index (κ1) is 13.0. The Morgan fingerprint density at radius 1 is 1.31 bits per heavy atom. The van der Waals surface area contributed by atoms with Crippen LogP contribution >= 0.6 is 0 Å². The number of nitrogens with one attached hydrogen (secondary N) is 1. The molecule has 0 spiro atoms. The van der Waals surface area contributed by atoms with Crippen molar-refractivity contribution in [3.8, 4) is 0 Å². The van der Waals surface area contributed by atoms with Crippen molar-refractivity contribution in [3.63, 3.8) is 0 Å². The Bertz CT molecular complexity index is 278. The van der Waals surface area contributed by atoms with Crippen molar-refractivity contribution >= 4 is 5.95 Å². The number of hydrogen-bond donors (Lipinski definition) is 1. The molecule has 0 atom stereocenters. The summed E-state index contributed by atoms with van der Waals surface area (Å²) in [6.07, 6.45) is 5.08. The molecule has 4 heteroatoms. The molecular formula is C12H24N4. The van der Waals surface area contributed by atoms with Crippen molar-refractivity contribution < 1.29 is 0 Å². The van der Waals surface area contributed by atoms with Gasteiger partial charge in [0.2, 0.25) is 5.95 Å². The fraction of sp³-hybridized carbons (Fsp3) is 0.750. The summed E-state index contributed by atoms with van der Waals surface area (Å²) in [7, 11) is 0. The summed E-state index contributed by atoms with van der Waals surface area (Å²) in [5, 5.41) is 3.26. The van der Waals surface area contributed by atoms with Crippen LogP contribution in [-0.2, 0) is 6.54 Å². The number of nitrogens with zero attached hydrogens (tertiary/aromatic N) is 3. The van der Waals surface area contributed by atoms with Gasteiger partial charge in [-0.3, -0.25) is 0 Å². The van der Waals surface area contributed by atoms with Crippen LogP contribution in [0.1, 0.15) is 27.2 Å². The van der Waals surface area contributed by atoms with Crippen LogP contribution in [0.25, 0.3) is 0 Å². The number of hydrogen-bond acceptors (Lipinski definition) is 3. The molecule has 0 saturated heterocycles. The minimum Gasteiger partial charge on any atom is -0.356 e. The van der Waals surface area contributed by atoms with E-state index in [9.17, 15) is 0 Å². The number of aryl methyl sites for hydroxylation is 1. The van der Waals surface area contributed by atoms with Crippen LogP contribution < -0.4 is 5.32 Å². The second kappa shape index (κ2) is 7.28. The molecule has 1 heterocycles. The lowest BCUT2D eigenvalue weighted by atomic mass is 10.3. The maximum Gasteiger partial charge on any atom is 0.202 e. The lowest BCUT2D eigenvalue weighted by Crippen LogP contribution is -2.25. The second-order valence-corrected chi connectivity index (χ2v) is 3.86. The van der Waals surface area contributed by atoms with E-state index in [1.807, 2.05) is 12.4 Å². The number of aromatic nitrogens is 2. The van der Waals surface area contributed by atoms with Gasteiger partial charge < -0.3 is 14.8 Å². The molecule has 0 aromatic carbocycles. The third-order valence-corrected chi connectivity index (χ3v) is 2.82. The molecule has 0 unspecified atom stereocenters. The van der Waals surface area contributed by atoms with E-state index in [-0.39, 0.29) is 0 Å². The van der Waals surface area contributed by atoms with Gasteiger partial charge in [0, 0.05) is 25.5 Å². The molecule has 0 saturated carbocycles. The molecule has 1 rings (SSSR count). The van der Waals surface area contributed by atoms with Crippen molar-refractivity contribution in [2.75, 3.05) is 31.5 Å². The SMILES string of the molecule is CCNc1nccn1CCCN(CC)CC. The summed E-state index contributed by atoms with van der Waals surface area (Å²) in [6.45, 7) is 11.9. The fourth-order valence-corrected chi connectivity index (χ4v) is 1.82. The Hall–Kier alpha value is -1.03. The average Bonchev–Trinajstić information content (AvgIpc) is 2.73. The van der Waals surface area contributed by atoms with Crippen LogP contribution in [0.5, 0.6) is 0 Å². The summed E-state index contributed by atoms with van der Waals surface area (Å²) in [4.78, 5) is 6.73. The van der Waals surface area contributed by atoms with Gasteiger partial charge in [-0.25, -0.2) is 4.98 Å². The van der Waals surface area contributed by atoms with Crippen molar-refractivity contribution in [1.82, 2.24) is 14.5 Å². The molecule has 0 radical (unpaired) electrons. The zero-order valence-electron chi connectivity index (χ0n) is 10.7. The van der Waals surface area contributed by atoms with Crippen LogP contribution in [0, 0.1) is 0 Å². The summed E-state index contributed by atoms with van der Waals surface area (Å²) < 4.78 is 2.19. The van der Waals surface area contributed by atoms with E-state index in [1.54, 1.807) is 0 Å². The van der Waals surface area contributed by atoms with Gasteiger partial charge in [-0.2, -0.15) is 0 Å². The lowest BCUT2D eigenvalue weighted by molar-refractivity contribution is 0.293. The predicted octanol–water partition coefficient (Wildman–Crippen LogP) is 2.05.